The van der Waals surface area contributed by atoms with Gasteiger partial charge in [0.1, 0.15) is 5.82 Å². The first-order valence-electron chi connectivity index (χ1n) is 12.4. The fourth-order valence-electron chi connectivity index (χ4n) is 5.07. The molecular formula is C27H29N5O4. The smallest absolute Gasteiger partial charge is 0.253 e. The van der Waals surface area contributed by atoms with Gasteiger partial charge in [-0.3, -0.25) is 19.4 Å². The molecule has 0 spiro atoms. The Morgan fingerprint density at radius 2 is 1.64 bits per heavy atom. The van der Waals surface area contributed by atoms with E-state index >= 15 is 0 Å². The summed E-state index contributed by atoms with van der Waals surface area (Å²) in [4.78, 5) is 31.7. The monoisotopic (exact) mass is 487 g/mol. The number of rotatable bonds is 5. The maximum absolute atomic E-state index is 13.1. The van der Waals surface area contributed by atoms with Crippen LogP contribution in [-0.4, -0.2) is 64.4 Å². The Balaban J connectivity index is 1.05. The van der Waals surface area contributed by atoms with E-state index in [0.717, 1.165) is 48.2 Å². The minimum atomic E-state index is 0.0482. The molecule has 1 aromatic heterocycles. The Morgan fingerprint density at radius 3 is 2.44 bits per heavy atom. The Labute approximate surface area is 209 Å². The van der Waals surface area contributed by atoms with Gasteiger partial charge in [0.15, 0.2) is 11.5 Å². The minimum absolute atomic E-state index is 0.0482. The van der Waals surface area contributed by atoms with Crippen LogP contribution >= 0.6 is 0 Å². The zero-order chi connectivity index (χ0) is 24.6. The van der Waals surface area contributed by atoms with E-state index in [2.05, 4.69) is 16.1 Å². The highest BCUT2D eigenvalue weighted by Gasteiger charge is 2.26. The van der Waals surface area contributed by atoms with Crippen molar-refractivity contribution < 1.29 is 19.1 Å². The highest BCUT2D eigenvalue weighted by Crippen LogP contribution is 2.33. The second-order valence-corrected chi connectivity index (χ2v) is 9.55. The van der Waals surface area contributed by atoms with Gasteiger partial charge in [0.2, 0.25) is 12.7 Å². The quantitative estimate of drug-likeness (QED) is 0.551. The summed E-state index contributed by atoms with van der Waals surface area (Å²) in [7, 11) is 0. The molecular weight excluding hydrogens is 458 g/mol. The topological polar surface area (TPSA) is 80.1 Å². The van der Waals surface area contributed by atoms with Crippen LogP contribution in [0, 0.1) is 6.92 Å². The van der Waals surface area contributed by atoms with E-state index in [1.54, 1.807) is 4.90 Å². The average molecular weight is 488 g/mol. The van der Waals surface area contributed by atoms with Crippen molar-refractivity contribution in [1.82, 2.24) is 19.6 Å². The maximum Gasteiger partial charge on any atom is 0.253 e. The van der Waals surface area contributed by atoms with Crippen molar-refractivity contribution in [3.8, 4) is 11.5 Å². The molecule has 3 aliphatic heterocycles. The lowest BCUT2D eigenvalue weighted by Crippen LogP contribution is -2.48. The molecule has 9 nitrogen and oxygen atoms in total. The molecule has 2 amide bonds. The number of nitrogens with zero attached hydrogens (tertiary/aromatic N) is 5. The molecule has 0 unspecified atom stereocenters. The van der Waals surface area contributed by atoms with Gasteiger partial charge in [-0.1, -0.05) is 18.2 Å². The number of fused-ring (bicyclic) bond motifs is 2. The number of piperazine rings is 1. The molecule has 0 saturated carbocycles. The molecule has 2 aromatic carbocycles. The second-order valence-electron chi connectivity index (χ2n) is 9.55. The molecule has 1 saturated heterocycles. The molecule has 4 heterocycles. The van der Waals surface area contributed by atoms with Crippen LogP contribution in [0.3, 0.4) is 0 Å². The van der Waals surface area contributed by atoms with Gasteiger partial charge in [0.25, 0.3) is 5.91 Å². The molecule has 0 N–H and O–H groups in total. The molecule has 36 heavy (non-hydrogen) atoms. The number of carbonyl (C=O) groups excluding carboxylic acids is 2. The number of benzene rings is 2. The number of carbonyl (C=O) groups is 2. The van der Waals surface area contributed by atoms with E-state index in [9.17, 15) is 9.59 Å². The van der Waals surface area contributed by atoms with Crippen molar-refractivity contribution in [2.24, 2.45) is 0 Å². The van der Waals surface area contributed by atoms with Gasteiger partial charge >= 0.3 is 0 Å². The van der Waals surface area contributed by atoms with Crippen LogP contribution in [0.2, 0.25) is 0 Å². The summed E-state index contributed by atoms with van der Waals surface area (Å²) in [5.74, 6) is 2.58. The summed E-state index contributed by atoms with van der Waals surface area (Å²) in [5, 5.41) is 4.47. The number of ether oxygens (including phenoxy) is 2. The van der Waals surface area contributed by atoms with Crippen molar-refractivity contribution in [1.29, 1.82) is 0 Å². The fraction of sp³-hybridized carbons (Fsp3) is 0.370. The standard InChI is InChI=1S/C27H29N5O4/c1-19-14-25-31(26(33)8-9-32(25)28-19)17-20-2-5-22(6-3-20)27(34)30-12-10-29(11-13-30)16-21-4-7-23-24(15-21)36-18-35-23/h2-7,14-15H,8-13,16-18H2,1H3. The Hall–Kier alpha value is -3.85. The first-order valence-corrected chi connectivity index (χ1v) is 12.4. The van der Waals surface area contributed by atoms with Crippen LogP contribution in [-0.2, 0) is 24.4 Å². The Kier molecular flexibility index (Phi) is 5.85. The van der Waals surface area contributed by atoms with Crippen LogP contribution in [0.15, 0.2) is 48.5 Å². The number of hydrogen-bond acceptors (Lipinski definition) is 6. The molecule has 1 fully saturated rings. The summed E-state index contributed by atoms with van der Waals surface area (Å²) >= 11 is 0. The SMILES string of the molecule is Cc1cc2n(n1)CCC(=O)N2Cc1ccc(C(=O)N2CCN(Cc3ccc4c(c3)OCO4)CC2)cc1. The maximum atomic E-state index is 13.1. The lowest BCUT2D eigenvalue weighted by molar-refractivity contribution is -0.119. The van der Waals surface area contributed by atoms with Gasteiger partial charge in [-0.05, 0) is 42.3 Å². The molecule has 0 aliphatic carbocycles. The molecule has 3 aliphatic rings. The molecule has 9 heteroatoms. The highest BCUT2D eigenvalue weighted by molar-refractivity contribution is 5.95. The minimum Gasteiger partial charge on any atom is -0.454 e. The molecule has 3 aromatic rings. The van der Waals surface area contributed by atoms with Gasteiger partial charge < -0.3 is 14.4 Å². The van der Waals surface area contributed by atoms with E-state index in [0.29, 0.717) is 38.2 Å². The van der Waals surface area contributed by atoms with Crippen molar-refractivity contribution in [2.75, 3.05) is 37.9 Å². The predicted molar refractivity (Wildman–Crippen MR) is 133 cm³/mol. The van der Waals surface area contributed by atoms with E-state index in [-0.39, 0.29) is 18.6 Å². The Bertz CT molecular complexity index is 1290. The van der Waals surface area contributed by atoms with E-state index < -0.39 is 0 Å². The fourth-order valence-corrected chi connectivity index (χ4v) is 5.07. The lowest BCUT2D eigenvalue weighted by Gasteiger charge is -2.35. The largest absolute Gasteiger partial charge is 0.454 e. The third-order valence-electron chi connectivity index (χ3n) is 7.04. The van der Waals surface area contributed by atoms with E-state index in [1.165, 1.54) is 5.56 Å². The Morgan fingerprint density at radius 1 is 0.889 bits per heavy atom. The summed E-state index contributed by atoms with van der Waals surface area (Å²) < 4.78 is 12.8. The second kappa shape index (κ2) is 9.31. The van der Waals surface area contributed by atoms with Gasteiger partial charge in [0, 0.05) is 50.8 Å². The highest BCUT2D eigenvalue weighted by atomic mass is 16.7. The molecule has 0 atom stereocenters. The number of aromatic nitrogens is 2. The summed E-state index contributed by atoms with van der Waals surface area (Å²) in [6.45, 7) is 7.15. The first kappa shape index (κ1) is 22.6. The van der Waals surface area contributed by atoms with Crippen LogP contribution in [0.1, 0.15) is 33.6 Å². The van der Waals surface area contributed by atoms with E-state index in [1.807, 2.05) is 59.0 Å². The van der Waals surface area contributed by atoms with Gasteiger partial charge in [0.05, 0.1) is 18.8 Å². The summed E-state index contributed by atoms with van der Waals surface area (Å²) in [5.41, 5.74) is 3.75. The summed E-state index contributed by atoms with van der Waals surface area (Å²) in [6.07, 6.45) is 0.450. The molecule has 0 radical (unpaired) electrons. The van der Waals surface area contributed by atoms with Crippen molar-refractivity contribution in [3.63, 3.8) is 0 Å². The number of aryl methyl sites for hydroxylation is 2. The van der Waals surface area contributed by atoms with Crippen LogP contribution in [0.4, 0.5) is 5.82 Å². The van der Waals surface area contributed by atoms with Crippen LogP contribution in [0.5, 0.6) is 11.5 Å². The lowest BCUT2D eigenvalue weighted by atomic mass is 10.1. The van der Waals surface area contributed by atoms with Gasteiger partial charge in [-0.25, -0.2) is 4.68 Å². The van der Waals surface area contributed by atoms with Crippen molar-refractivity contribution in [2.45, 2.75) is 33.0 Å². The normalized spacial score (nSPS) is 17.4. The number of hydrogen-bond donors (Lipinski definition) is 0. The van der Waals surface area contributed by atoms with Crippen molar-refractivity contribution in [3.05, 3.63) is 70.9 Å². The van der Waals surface area contributed by atoms with E-state index in [4.69, 9.17) is 9.47 Å². The molecule has 0 bridgehead atoms. The summed E-state index contributed by atoms with van der Waals surface area (Å²) in [6, 6.07) is 15.6. The number of anilines is 1. The molecule has 186 valence electrons. The van der Waals surface area contributed by atoms with Gasteiger partial charge in [-0.15, -0.1) is 0 Å². The predicted octanol–water partition coefficient (Wildman–Crippen LogP) is 2.82. The third-order valence-corrected chi connectivity index (χ3v) is 7.04. The van der Waals surface area contributed by atoms with Crippen LogP contribution < -0.4 is 14.4 Å². The van der Waals surface area contributed by atoms with Crippen molar-refractivity contribution >= 4 is 17.6 Å². The molecule has 6 rings (SSSR count). The van der Waals surface area contributed by atoms with Crippen LogP contribution in [0.25, 0.3) is 0 Å². The average Bonchev–Trinajstić information content (AvgIpc) is 3.52. The third kappa shape index (κ3) is 4.42. The zero-order valence-corrected chi connectivity index (χ0v) is 20.4. The zero-order valence-electron chi connectivity index (χ0n) is 20.4. The number of amides is 2. The first-order chi connectivity index (χ1) is 17.5. The van der Waals surface area contributed by atoms with Gasteiger partial charge in [-0.2, -0.15) is 5.10 Å².